The Bertz CT molecular complexity index is 402. The fourth-order valence-electron chi connectivity index (χ4n) is 2.45. The maximum Gasteiger partial charge on any atom is 0.0602 e. The summed E-state index contributed by atoms with van der Waals surface area (Å²) in [5.41, 5.74) is 1.42. The highest BCUT2D eigenvalue weighted by Crippen LogP contribution is 2.07. The quantitative estimate of drug-likeness (QED) is 0.815. The standard InChI is InChI=1S/C16H22N2/c1-2-3-11-18-12-7-10-17-16(14-18)13-15-8-5-4-6-9-15/h4-6,8-9,16-17H,7,10-14H2,1H3. The van der Waals surface area contributed by atoms with E-state index < -0.39 is 0 Å². The molecule has 1 unspecified atom stereocenters. The Balaban J connectivity index is 1.92. The molecule has 0 amide bonds. The minimum Gasteiger partial charge on any atom is -0.312 e. The fraction of sp³-hybridized carbons (Fsp3) is 0.500. The molecule has 1 N–H and O–H groups in total. The number of benzene rings is 1. The van der Waals surface area contributed by atoms with Crippen molar-refractivity contribution in [1.29, 1.82) is 0 Å². The van der Waals surface area contributed by atoms with Gasteiger partial charge in [0.05, 0.1) is 6.54 Å². The van der Waals surface area contributed by atoms with Crippen molar-refractivity contribution >= 4 is 0 Å². The molecule has 2 rings (SSSR count). The molecule has 18 heavy (non-hydrogen) atoms. The zero-order valence-electron chi connectivity index (χ0n) is 11.2. The van der Waals surface area contributed by atoms with Crippen molar-refractivity contribution < 1.29 is 0 Å². The van der Waals surface area contributed by atoms with E-state index in [1.807, 2.05) is 6.92 Å². The van der Waals surface area contributed by atoms with Gasteiger partial charge < -0.3 is 5.32 Å². The molecule has 1 aliphatic heterocycles. The number of hydrogen-bond acceptors (Lipinski definition) is 2. The monoisotopic (exact) mass is 242 g/mol. The van der Waals surface area contributed by atoms with Gasteiger partial charge in [0, 0.05) is 19.1 Å². The molecular formula is C16H22N2. The summed E-state index contributed by atoms with van der Waals surface area (Å²) >= 11 is 0. The summed E-state index contributed by atoms with van der Waals surface area (Å²) in [6.07, 6.45) is 2.33. The van der Waals surface area contributed by atoms with Crippen molar-refractivity contribution in [1.82, 2.24) is 10.2 Å². The Hall–Kier alpha value is -1.30. The van der Waals surface area contributed by atoms with Crippen molar-refractivity contribution in [2.24, 2.45) is 0 Å². The molecule has 1 aromatic rings. The van der Waals surface area contributed by atoms with Crippen LogP contribution < -0.4 is 5.32 Å². The van der Waals surface area contributed by atoms with E-state index in [4.69, 9.17) is 0 Å². The van der Waals surface area contributed by atoms with Gasteiger partial charge >= 0.3 is 0 Å². The van der Waals surface area contributed by atoms with Crippen molar-refractivity contribution in [2.75, 3.05) is 26.2 Å². The fourth-order valence-corrected chi connectivity index (χ4v) is 2.45. The van der Waals surface area contributed by atoms with E-state index in [1.165, 1.54) is 12.0 Å². The second-order valence-corrected chi connectivity index (χ2v) is 4.86. The lowest BCUT2D eigenvalue weighted by Crippen LogP contribution is -2.39. The summed E-state index contributed by atoms with van der Waals surface area (Å²) < 4.78 is 0. The van der Waals surface area contributed by atoms with Crippen LogP contribution in [-0.4, -0.2) is 37.1 Å². The molecule has 1 saturated heterocycles. The topological polar surface area (TPSA) is 15.3 Å². The summed E-state index contributed by atoms with van der Waals surface area (Å²) in [7, 11) is 0. The average molecular weight is 242 g/mol. The minimum atomic E-state index is 0.550. The Kier molecular flexibility index (Phi) is 5.26. The van der Waals surface area contributed by atoms with E-state index in [1.54, 1.807) is 0 Å². The van der Waals surface area contributed by atoms with E-state index in [2.05, 4.69) is 52.4 Å². The highest BCUT2D eigenvalue weighted by molar-refractivity contribution is 5.16. The predicted octanol–water partition coefficient (Wildman–Crippen LogP) is 1.92. The van der Waals surface area contributed by atoms with E-state index in [0.29, 0.717) is 6.04 Å². The van der Waals surface area contributed by atoms with Crippen LogP contribution in [0.5, 0.6) is 0 Å². The van der Waals surface area contributed by atoms with E-state index in [-0.39, 0.29) is 0 Å². The molecule has 1 atom stereocenters. The van der Waals surface area contributed by atoms with Crippen molar-refractivity contribution in [2.45, 2.75) is 25.8 Å². The van der Waals surface area contributed by atoms with Gasteiger partial charge in [0.2, 0.25) is 0 Å². The molecule has 1 aliphatic rings. The summed E-state index contributed by atoms with van der Waals surface area (Å²) in [4.78, 5) is 2.46. The lowest BCUT2D eigenvalue weighted by atomic mass is 10.1. The molecule has 0 aliphatic carbocycles. The summed E-state index contributed by atoms with van der Waals surface area (Å²) in [5, 5.41) is 3.65. The Morgan fingerprint density at radius 1 is 1.33 bits per heavy atom. The largest absolute Gasteiger partial charge is 0.312 e. The van der Waals surface area contributed by atoms with Crippen LogP contribution in [0, 0.1) is 11.8 Å². The van der Waals surface area contributed by atoms with Gasteiger partial charge in [-0.2, -0.15) is 0 Å². The zero-order chi connectivity index (χ0) is 12.6. The van der Waals surface area contributed by atoms with Gasteiger partial charge in [-0.25, -0.2) is 0 Å². The molecule has 1 aromatic carbocycles. The van der Waals surface area contributed by atoms with Gasteiger partial charge in [0.25, 0.3) is 0 Å². The number of hydrogen-bond donors (Lipinski definition) is 1. The first-order valence-electron chi connectivity index (χ1n) is 6.78. The lowest BCUT2D eigenvalue weighted by Gasteiger charge is -2.22. The number of nitrogens with zero attached hydrogens (tertiary/aromatic N) is 1. The van der Waals surface area contributed by atoms with Crippen LogP contribution >= 0.6 is 0 Å². The van der Waals surface area contributed by atoms with Gasteiger partial charge in [0.15, 0.2) is 0 Å². The van der Waals surface area contributed by atoms with E-state index >= 15 is 0 Å². The van der Waals surface area contributed by atoms with Crippen LogP contribution in [0.2, 0.25) is 0 Å². The maximum absolute atomic E-state index is 3.65. The van der Waals surface area contributed by atoms with E-state index in [9.17, 15) is 0 Å². The highest BCUT2D eigenvalue weighted by Gasteiger charge is 2.16. The lowest BCUT2D eigenvalue weighted by molar-refractivity contribution is 0.298. The highest BCUT2D eigenvalue weighted by atomic mass is 15.2. The maximum atomic E-state index is 3.65. The minimum absolute atomic E-state index is 0.550. The normalized spacial score (nSPS) is 20.8. The first-order chi connectivity index (χ1) is 8.88. The Morgan fingerprint density at radius 3 is 2.94 bits per heavy atom. The van der Waals surface area contributed by atoms with Crippen molar-refractivity contribution in [3.8, 4) is 11.8 Å². The number of nitrogens with one attached hydrogen (secondary N) is 1. The van der Waals surface area contributed by atoms with Crippen LogP contribution in [0.15, 0.2) is 30.3 Å². The van der Waals surface area contributed by atoms with Crippen LogP contribution in [0.3, 0.4) is 0 Å². The van der Waals surface area contributed by atoms with Gasteiger partial charge in [-0.3, -0.25) is 4.90 Å². The van der Waals surface area contributed by atoms with E-state index in [0.717, 1.165) is 32.6 Å². The first-order valence-corrected chi connectivity index (χ1v) is 6.78. The first kappa shape index (κ1) is 13.1. The van der Waals surface area contributed by atoms with Crippen LogP contribution in [0.25, 0.3) is 0 Å². The predicted molar refractivity (Wildman–Crippen MR) is 76.4 cm³/mol. The molecule has 1 fully saturated rings. The van der Waals surface area contributed by atoms with Gasteiger partial charge in [-0.05, 0) is 31.9 Å². The van der Waals surface area contributed by atoms with Crippen molar-refractivity contribution in [3.05, 3.63) is 35.9 Å². The third-order valence-electron chi connectivity index (χ3n) is 3.37. The van der Waals surface area contributed by atoms with Crippen LogP contribution in [-0.2, 0) is 6.42 Å². The molecule has 2 nitrogen and oxygen atoms in total. The molecule has 1 heterocycles. The SMILES string of the molecule is CC#CCN1CCCNC(Cc2ccccc2)C1. The zero-order valence-corrected chi connectivity index (χ0v) is 11.2. The molecule has 96 valence electrons. The third-order valence-corrected chi connectivity index (χ3v) is 3.37. The molecule has 0 radical (unpaired) electrons. The summed E-state index contributed by atoms with van der Waals surface area (Å²) in [6.45, 7) is 6.20. The molecule has 2 heteroatoms. The molecular weight excluding hydrogens is 220 g/mol. The molecule has 0 saturated carbocycles. The number of rotatable bonds is 3. The van der Waals surface area contributed by atoms with Crippen LogP contribution in [0.1, 0.15) is 18.9 Å². The Labute approximate surface area is 110 Å². The van der Waals surface area contributed by atoms with Crippen molar-refractivity contribution in [3.63, 3.8) is 0 Å². The second kappa shape index (κ2) is 7.20. The van der Waals surface area contributed by atoms with Gasteiger partial charge in [-0.15, -0.1) is 5.92 Å². The Morgan fingerprint density at radius 2 is 2.17 bits per heavy atom. The van der Waals surface area contributed by atoms with Crippen LogP contribution in [0.4, 0.5) is 0 Å². The smallest absolute Gasteiger partial charge is 0.0602 e. The summed E-state index contributed by atoms with van der Waals surface area (Å²) in [6, 6.07) is 11.3. The molecule has 0 spiro atoms. The van der Waals surface area contributed by atoms with Gasteiger partial charge in [0.1, 0.15) is 0 Å². The second-order valence-electron chi connectivity index (χ2n) is 4.86. The average Bonchev–Trinajstić information content (AvgIpc) is 2.63. The van der Waals surface area contributed by atoms with Gasteiger partial charge in [-0.1, -0.05) is 36.3 Å². The summed E-state index contributed by atoms with van der Waals surface area (Å²) in [5.74, 6) is 6.17. The molecule has 0 aromatic heterocycles. The molecule has 0 bridgehead atoms. The third kappa shape index (κ3) is 4.18.